The molecule has 0 amide bonds. The summed E-state index contributed by atoms with van der Waals surface area (Å²) in [4.78, 5) is 4.11. The molecule has 0 spiro atoms. The van der Waals surface area contributed by atoms with Crippen molar-refractivity contribution >= 4 is 31.9 Å². The van der Waals surface area contributed by atoms with Gasteiger partial charge in [0.15, 0.2) is 0 Å². The van der Waals surface area contributed by atoms with Gasteiger partial charge in [-0.25, -0.2) is 4.98 Å². The molecule has 0 aromatic carbocycles. The number of ether oxygens (including phenoxy) is 1. The van der Waals surface area contributed by atoms with Crippen LogP contribution in [-0.4, -0.2) is 25.2 Å². The van der Waals surface area contributed by atoms with E-state index in [1.165, 1.54) is 0 Å². The predicted octanol–water partition coefficient (Wildman–Crippen LogP) is 2.20. The van der Waals surface area contributed by atoms with E-state index in [1.54, 1.807) is 6.20 Å². The van der Waals surface area contributed by atoms with Crippen molar-refractivity contribution in [3.63, 3.8) is 0 Å². The van der Waals surface area contributed by atoms with Crippen LogP contribution in [0, 0.1) is 0 Å². The molecule has 1 rings (SSSR count). The first-order chi connectivity index (χ1) is 6.24. The summed E-state index contributed by atoms with van der Waals surface area (Å²) < 4.78 is 7.18. The molecule has 5 heteroatoms. The smallest absolute Gasteiger partial charge is 0.228 e. The van der Waals surface area contributed by atoms with Crippen LogP contribution in [0.15, 0.2) is 21.2 Å². The number of pyridine rings is 1. The minimum Gasteiger partial charge on any atom is -0.476 e. The van der Waals surface area contributed by atoms with Gasteiger partial charge in [0.2, 0.25) is 5.88 Å². The molecule has 72 valence electrons. The Morgan fingerprint density at radius 3 is 2.92 bits per heavy atom. The highest BCUT2D eigenvalue weighted by atomic mass is 79.9. The first-order valence-electron chi connectivity index (χ1n) is 3.82. The van der Waals surface area contributed by atoms with E-state index in [0.717, 1.165) is 15.5 Å². The number of halogens is 2. The normalized spacial score (nSPS) is 10.1. The number of rotatable bonds is 4. The highest BCUT2D eigenvalue weighted by Gasteiger charge is 2.02. The molecule has 0 unspecified atom stereocenters. The molecular weight excluding hydrogens is 300 g/mol. The Hall–Kier alpha value is -0.130. The maximum Gasteiger partial charge on any atom is 0.228 e. The third-order valence-electron chi connectivity index (χ3n) is 1.36. The van der Waals surface area contributed by atoms with Gasteiger partial charge in [-0.15, -0.1) is 0 Å². The lowest BCUT2D eigenvalue weighted by Crippen LogP contribution is -2.16. The second kappa shape index (κ2) is 5.57. The maximum absolute atomic E-state index is 5.39. The number of likely N-dealkylation sites (N-methyl/N-ethyl adjacent to an activating group) is 1. The van der Waals surface area contributed by atoms with E-state index in [2.05, 4.69) is 42.2 Å². The van der Waals surface area contributed by atoms with Crippen LogP contribution >= 0.6 is 31.9 Å². The van der Waals surface area contributed by atoms with Gasteiger partial charge in [0.05, 0.1) is 4.47 Å². The molecule has 0 aliphatic carbocycles. The third kappa shape index (κ3) is 3.62. The van der Waals surface area contributed by atoms with Crippen LogP contribution in [0.4, 0.5) is 0 Å². The number of nitrogens with zero attached hydrogens (tertiary/aromatic N) is 1. The van der Waals surface area contributed by atoms with E-state index in [1.807, 2.05) is 13.1 Å². The molecule has 0 bridgehead atoms. The SMILES string of the molecule is CNCCOc1ncc(Br)cc1Br. The van der Waals surface area contributed by atoms with Gasteiger partial charge in [0.25, 0.3) is 0 Å². The van der Waals surface area contributed by atoms with E-state index in [0.29, 0.717) is 12.5 Å². The van der Waals surface area contributed by atoms with Crippen molar-refractivity contribution in [1.82, 2.24) is 10.3 Å². The van der Waals surface area contributed by atoms with E-state index < -0.39 is 0 Å². The van der Waals surface area contributed by atoms with Crippen LogP contribution in [-0.2, 0) is 0 Å². The lowest BCUT2D eigenvalue weighted by Gasteiger charge is -2.06. The molecule has 0 fully saturated rings. The van der Waals surface area contributed by atoms with Crippen molar-refractivity contribution in [2.24, 2.45) is 0 Å². The maximum atomic E-state index is 5.39. The van der Waals surface area contributed by atoms with Gasteiger partial charge < -0.3 is 10.1 Å². The summed E-state index contributed by atoms with van der Waals surface area (Å²) in [5.41, 5.74) is 0. The zero-order valence-electron chi connectivity index (χ0n) is 7.18. The minimum absolute atomic E-state index is 0.615. The Balaban J connectivity index is 2.56. The molecule has 1 aromatic rings. The predicted molar refractivity (Wildman–Crippen MR) is 59.1 cm³/mol. The quantitative estimate of drug-likeness (QED) is 0.866. The fourth-order valence-electron chi connectivity index (χ4n) is 0.758. The van der Waals surface area contributed by atoms with Crippen LogP contribution < -0.4 is 10.1 Å². The second-order valence-electron chi connectivity index (χ2n) is 2.39. The molecule has 0 aliphatic heterocycles. The largest absolute Gasteiger partial charge is 0.476 e. The average Bonchev–Trinajstić information content (AvgIpc) is 2.09. The molecule has 0 saturated heterocycles. The van der Waals surface area contributed by atoms with Crippen molar-refractivity contribution in [2.45, 2.75) is 0 Å². The van der Waals surface area contributed by atoms with Crippen molar-refractivity contribution < 1.29 is 4.74 Å². The summed E-state index contributed by atoms with van der Waals surface area (Å²) in [6, 6.07) is 1.90. The van der Waals surface area contributed by atoms with Crippen LogP contribution in [0.2, 0.25) is 0 Å². The van der Waals surface area contributed by atoms with Gasteiger partial charge in [-0.1, -0.05) is 0 Å². The highest BCUT2D eigenvalue weighted by Crippen LogP contribution is 2.24. The van der Waals surface area contributed by atoms with Gasteiger partial charge in [0, 0.05) is 17.2 Å². The molecular formula is C8H10Br2N2O. The Bertz CT molecular complexity index is 281. The van der Waals surface area contributed by atoms with Crippen LogP contribution in [0.1, 0.15) is 0 Å². The Morgan fingerprint density at radius 1 is 1.54 bits per heavy atom. The standard InChI is InChI=1S/C8H10Br2N2O/c1-11-2-3-13-8-7(10)4-6(9)5-12-8/h4-5,11H,2-3H2,1H3. The van der Waals surface area contributed by atoms with Crippen LogP contribution in [0.25, 0.3) is 0 Å². The van der Waals surface area contributed by atoms with Crippen LogP contribution in [0.5, 0.6) is 5.88 Å². The summed E-state index contributed by atoms with van der Waals surface area (Å²) in [5, 5.41) is 2.99. The van der Waals surface area contributed by atoms with E-state index in [-0.39, 0.29) is 0 Å². The molecule has 3 nitrogen and oxygen atoms in total. The summed E-state index contributed by atoms with van der Waals surface area (Å²) >= 11 is 6.68. The fraction of sp³-hybridized carbons (Fsp3) is 0.375. The zero-order chi connectivity index (χ0) is 9.68. The van der Waals surface area contributed by atoms with Crippen molar-refractivity contribution in [3.05, 3.63) is 21.2 Å². The third-order valence-corrected chi connectivity index (χ3v) is 2.37. The molecule has 0 saturated carbocycles. The van der Waals surface area contributed by atoms with Gasteiger partial charge in [-0.3, -0.25) is 0 Å². The van der Waals surface area contributed by atoms with Crippen molar-refractivity contribution in [3.8, 4) is 5.88 Å². The van der Waals surface area contributed by atoms with E-state index in [9.17, 15) is 0 Å². The molecule has 0 atom stereocenters. The molecule has 1 aromatic heterocycles. The Labute approximate surface area is 94.1 Å². The van der Waals surface area contributed by atoms with Crippen molar-refractivity contribution in [1.29, 1.82) is 0 Å². The summed E-state index contributed by atoms with van der Waals surface area (Å²) in [7, 11) is 1.88. The molecule has 1 heterocycles. The topological polar surface area (TPSA) is 34.1 Å². The number of hydrogen-bond donors (Lipinski definition) is 1. The average molecular weight is 310 g/mol. The highest BCUT2D eigenvalue weighted by molar-refractivity contribution is 9.11. The van der Waals surface area contributed by atoms with Gasteiger partial charge in [0.1, 0.15) is 6.61 Å². The summed E-state index contributed by atoms with van der Waals surface area (Å²) in [6.45, 7) is 1.42. The van der Waals surface area contributed by atoms with E-state index in [4.69, 9.17) is 4.74 Å². The van der Waals surface area contributed by atoms with Crippen LogP contribution in [0.3, 0.4) is 0 Å². The monoisotopic (exact) mass is 308 g/mol. The number of nitrogens with one attached hydrogen (secondary N) is 1. The molecule has 13 heavy (non-hydrogen) atoms. The first kappa shape index (κ1) is 10.9. The Morgan fingerprint density at radius 2 is 2.31 bits per heavy atom. The number of aromatic nitrogens is 1. The fourth-order valence-corrected chi connectivity index (χ4v) is 1.86. The Kier molecular flexibility index (Phi) is 4.69. The van der Waals surface area contributed by atoms with Gasteiger partial charge >= 0.3 is 0 Å². The second-order valence-corrected chi connectivity index (χ2v) is 4.16. The lowest BCUT2D eigenvalue weighted by atomic mass is 10.5. The van der Waals surface area contributed by atoms with Gasteiger partial charge in [-0.05, 0) is 45.0 Å². The summed E-state index contributed by atoms with van der Waals surface area (Å²) in [6.07, 6.45) is 1.71. The molecule has 1 N–H and O–H groups in total. The van der Waals surface area contributed by atoms with Crippen molar-refractivity contribution in [2.75, 3.05) is 20.2 Å². The molecule has 0 aliphatic rings. The van der Waals surface area contributed by atoms with Gasteiger partial charge in [-0.2, -0.15) is 0 Å². The zero-order valence-corrected chi connectivity index (χ0v) is 10.4. The minimum atomic E-state index is 0.615. The van der Waals surface area contributed by atoms with E-state index >= 15 is 0 Å². The first-order valence-corrected chi connectivity index (χ1v) is 5.41. The lowest BCUT2D eigenvalue weighted by molar-refractivity contribution is 0.304. The number of hydrogen-bond acceptors (Lipinski definition) is 3. The molecule has 0 radical (unpaired) electrons. The summed E-state index contributed by atoms with van der Waals surface area (Å²) in [5.74, 6) is 0.624.